The second-order valence-electron chi connectivity index (χ2n) is 7.72. The molecule has 7 nitrogen and oxygen atoms in total. The highest BCUT2D eigenvalue weighted by Gasteiger charge is 2.39. The van der Waals surface area contributed by atoms with Gasteiger partial charge in [0.1, 0.15) is 11.9 Å². The summed E-state index contributed by atoms with van der Waals surface area (Å²) in [7, 11) is 0. The number of benzene rings is 1. The van der Waals surface area contributed by atoms with E-state index >= 15 is 0 Å². The summed E-state index contributed by atoms with van der Waals surface area (Å²) in [6, 6.07) is 8.95. The Morgan fingerprint density at radius 3 is 2.88 bits per heavy atom. The Hall–Kier alpha value is -2.98. The van der Waals surface area contributed by atoms with Crippen LogP contribution in [-0.4, -0.2) is 48.7 Å². The molecule has 0 aliphatic carbocycles. The molecule has 1 unspecified atom stereocenters. The number of H-pyrrole nitrogens is 1. The maximum atomic E-state index is 14.5. The molecule has 1 aliphatic heterocycles. The number of hydrogen-bond acceptors (Lipinski definition) is 6. The number of thiophene rings is 1. The number of alkyl halides is 2. The SMILES string of the molecule is O=C1CC[C@H](/C=C/C(O)C(F)(F)c2ccccc2)N1Cc1cc(CCc2nnn[nH]2)cs1. The molecule has 10 heteroatoms. The van der Waals surface area contributed by atoms with Gasteiger partial charge in [0.2, 0.25) is 5.91 Å². The van der Waals surface area contributed by atoms with Crippen molar-refractivity contribution in [2.24, 2.45) is 0 Å². The van der Waals surface area contributed by atoms with Crippen LogP contribution in [0.25, 0.3) is 0 Å². The maximum absolute atomic E-state index is 14.5. The van der Waals surface area contributed by atoms with Crippen LogP contribution in [0.3, 0.4) is 0 Å². The minimum absolute atomic E-state index is 0.0216. The van der Waals surface area contributed by atoms with Crippen molar-refractivity contribution >= 4 is 17.2 Å². The number of nitrogens with one attached hydrogen (secondary N) is 1. The molecule has 4 rings (SSSR count). The van der Waals surface area contributed by atoms with Gasteiger partial charge in [-0.3, -0.25) is 4.79 Å². The van der Waals surface area contributed by atoms with Gasteiger partial charge in [0.25, 0.3) is 0 Å². The van der Waals surface area contributed by atoms with E-state index in [0.717, 1.165) is 22.9 Å². The van der Waals surface area contributed by atoms with Gasteiger partial charge < -0.3 is 10.0 Å². The molecule has 1 amide bonds. The summed E-state index contributed by atoms with van der Waals surface area (Å²) in [5.74, 6) is -2.72. The molecule has 2 N–H and O–H groups in total. The van der Waals surface area contributed by atoms with Crippen LogP contribution >= 0.6 is 11.3 Å². The zero-order chi connectivity index (χ0) is 22.6. The molecule has 0 bridgehead atoms. The topological polar surface area (TPSA) is 95.0 Å². The molecule has 1 fully saturated rings. The van der Waals surface area contributed by atoms with E-state index in [1.165, 1.54) is 30.3 Å². The number of aliphatic hydroxyl groups is 1. The van der Waals surface area contributed by atoms with E-state index in [4.69, 9.17) is 0 Å². The summed E-state index contributed by atoms with van der Waals surface area (Å²) in [4.78, 5) is 15.1. The van der Waals surface area contributed by atoms with Gasteiger partial charge >= 0.3 is 5.92 Å². The standard InChI is InChI=1S/C22H23F2N5O2S/c23-22(24,16-4-2-1-3-5-16)19(30)9-7-17-8-11-21(31)29(17)13-18-12-15(14-32-18)6-10-20-25-27-28-26-20/h1-5,7,9,12,14,17,19,30H,6,8,10-11,13H2,(H,25,26,27,28)/b9-7+/t17-,19?/m0/s1. The zero-order valence-corrected chi connectivity index (χ0v) is 18.0. The van der Waals surface area contributed by atoms with E-state index in [0.29, 0.717) is 31.6 Å². The lowest BCUT2D eigenvalue weighted by molar-refractivity contribution is -0.128. The van der Waals surface area contributed by atoms with Crippen molar-refractivity contribution in [3.8, 4) is 0 Å². The minimum Gasteiger partial charge on any atom is -0.382 e. The molecule has 2 atom stereocenters. The third-order valence-electron chi connectivity index (χ3n) is 5.49. The van der Waals surface area contributed by atoms with E-state index in [-0.39, 0.29) is 17.5 Å². The Bertz CT molecular complexity index is 1060. The number of likely N-dealkylation sites (tertiary alicyclic amines) is 1. The third kappa shape index (κ3) is 5.08. The Morgan fingerprint density at radius 1 is 1.31 bits per heavy atom. The number of halogens is 2. The van der Waals surface area contributed by atoms with Gasteiger partial charge in [-0.25, -0.2) is 5.10 Å². The van der Waals surface area contributed by atoms with E-state index in [1.54, 1.807) is 22.3 Å². The molecule has 1 aliphatic rings. The summed E-state index contributed by atoms with van der Waals surface area (Å²) in [6.07, 6.45) is 3.01. The predicted octanol–water partition coefficient (Wildman–Crippen LogP) is 3.25. The molecular weight excluding hydrogens is 436 g/mol. The number of rotatable bonds is 9. The normalized spacial score (nSPS) is 18.0. The molecule has 0 radical (unpaired) electrons. The highest BCUT2D eigenvalue weighted by molar-refractivity contribution is 7.10. The first-order valence-electron chi connectivity index (χ1n) is 10.3. The number of nitrogens with zero attached hydrogens (tertiary/aromatic N) is 4. The van der Waals surface area contributed by atoms with Crippen LogP contribution in [0, 0.1) is 0 Å². The Kier molecular flexibility index (Phi) is 6.71. The fraction of sp³-hybridized carbons (Fsp3) is 0.364. The van der Waals surface area contributed by atoms with Gasteiger partial charge in [0.15, 0.2) is 0 Å². The van der Waals surface area contributed by atoms with Crippen molar-refractivity contribution in [3.05, 3.63) is 75.8 Å². The quantitative estimate of drug-likeness (QED) is 0.479. The molecule has 2 aromatic heterocycles. The number of hydrogen-bond donors (Lipinski definition) is 2. The number of aryl methyl sites for hydroxylation is 2. The van der Waals surface area contributed by atoms with E-state index < -0.39 is 12.0 Å². The third-order valence-corrected chi connectivity index (χ3v) is 6.46. The Balaban J connectivity index is 1.38. The van der Waals surface area contributed by atoms with Crippen LogP contribution in [0.4, 0.5) is 8.78 Å². The largest absolute Gasteiger partial charge is 0.382 e. The zero-order valence-electron chi connectivity index (χ0n) is 17.2. The van der Waals surface area contributed by atoms with Gasteiger partial charge in [-0.1, -0.05) is 42.5 Å². The van der Waals surface area contributed by atoms with E-state index in [2.05, 4.69) is 20.6 Å². The van der Waals surface area contributed by atoms with Crippen molar-refractivity contribution in [3.63, 3.8) is 0 Å². The van der Waals surface area contributed by atoms with Crippen LogP contribution in [0.1, 0.15) is 34.7 Å². The molecule has 0 saturated carbocycles. The number of tetrazole rings is 1. The molecule has 32 heavy (non-hydrogen) atoms. The van der Waals surface area contributed by atoms with Crippen molar-refractivity contribution in [2.75, 3.05) is 0 Å². The first-order chi connectivity index (χ1) is 15.4. The second-order valence-corrected chi connectivity index (χ2v) is 8.71. The maximum Gasteiger partial charge on any atom is 0.302 e. The van der Waals surface area contributed by atoms with Crippen LogP contribution in [-0.2, 0) is 30.1 Å². The van der Waals surface area contributed by atoms with Gasteiger partial charge in [-0.2, -0.15) is 8.78 Å². The monoisotopic (exact) mass is 459 g/mol. The first kappa shape index (κ1) is 22.2. The highest BCUT2D eigenvalue weighted by atomic mass is 32.1. The second kappa shape index (κ2) is 9.66. The van der Waals surface area contributed by atoms with E-state index in [1.807, 2.05) is 11.4 Å². The van der Waals surface area contributed by atoms with Gasteiger partial charge in [-0.15, -0.1) is 16.4 Å². The molecule has 1 aromatic carbocycles. The lowest BCUT2D eigenvalue weighted by Crippen LogP contribution is -2.32. The van der Waals surface area contributed by atoms with E-state index in [9.17, 15) is 18.7 Å². The average Bonchev–Trinajstić information content (AvgIpc) is 3.55. The minimum atomic E-state index is -3.41. The van der Waals surface area contributed by atoms with Crippen LogP contribution in [0.5, 0.6) is 0 Å². The molecule has 1 saturated heterocycles. The van der Waals surface area contributed by atoms with Crippen LogP contribution < -0.4 is 0 Å². The summed E-state index contributed by atoms with van der Waals surface area (Å²) in [5, 5.41) is 25.9. The molecular formula is C22H23F2N5O2S. The van der Waals surface area contributed by atoms with Gasteiger partial charge in [0, 0.05) is 23.3 Å². The summed E-state index contributed by atoms with van der Waals surface area (Å²) in [6.45, 7) is 0.410. The predicted molar refractivity (Wildman–Crippen MR) is 115 cm³/mol. The molecule has 0 spiro atoms. The number of aromatic amines is 1. The number of carbonyl (C=O) groups is 1. The summed E-state index contributed by atoms with van der Waals surface area (Å²) >= 11 is 1.55. The number of aliphatic hydroxyl groups excluding tert-OH is 1. The van der Waals surface area contributed by atoms with Crippen LogP contribution in [0.15, 0.2) is 53.9 Å². The van der Waals surface area contributed by atoms with Crippen molar-refractivity contribution in [1.82, 2.24) is 25.5 Å². The summed E-state index contributed by atoms with van der Waals surface area (Å²) < 4.78 is 29.1. The fourth-order valence-electron chi connectivity index (χ4n) is 3.70. The molecule has 3 aromatic rings. The number of amides is 1. The Morgan fingerprint density at radius 2 is 2.12 bits per heavy atom. The summed E-state index contributed by atoms with van der Waals surface area (Å²) in [5.41, 5.74) is 0.877. The number of carbonyl (C=O) groups excluding carboxylic acids is 1. The highest BCUT2D eigenvalue weighted by Crippen LogP contribution is 2.33. The molecule has 168 valence electrons. The van der Waals surface area contributed by atoms with Gasteiger partial charge in [0.05, 0.1) is 12.6 Å². The fourth-order valence-corrected chi connectivity index (χ4v) is 4.62. The number of aromatic nitrogens is 4. The van der Waals surface area contributed by atoms with Crippen LogP contribution in [0.2, 0.25) is 0 Å². The molecule has 3 heterocycles. The van der Waals surface area contributed by atoms with Gasteiger partial charge in [-0.05, 0) is 40.3 Å². The van der Waals surface area contributed by atoms with Crippen molar-refractivity contribution in [1.29, 1.82) is 0 Å². The average molecular weight is 460 g/mol. The smallest absolute Gasteiger partial charge is 0.302 e. The van der Waals surface area contributed by atoms with Crippen molar-refractivity contribution < 1.29 is 18.7 Å². The van der Waals surface area contributed by atoms with Crippen molar-refractivity contribution in [2.45, 2.75) is 50.3 Å². The first-order valence-corrected chi connectivity index (χ1v) is 11.2. The Labute approximate surface area is 187 Å². The lowest BCUT2D eigenvalue weighted by atomic mass is 10.0. The lowest BCUT2D eigenvalue weighted by Gasteiger charge is -2.24.